The van der Waals surface area contributed by atoms with Crippen LogP contribution in [0.1, 0.15) is 33.2 Å². The first-order valence-corrected chi connectivity index (χ1v) is 9.93. The van der Waals surface area contributed by atoms with Crippen molar-refractivity contribution in [2.45, 2.75) is 13.0 Å². The van der Waals surface area contributed by atoms with Gasteiger partial charge >= 0.3 is 0 Å². The first kappa shape index (κ1) is 17.8. The van der Waals surface area contributed by atoms with Crippen LogP contribution < -0.4 is 4.74 Å². The van der Waals surface area contributed by atoms with Crippen molar-refractivity contribution in [3.63, 3.8) is 0 Å². The maximum absolute atomic E-state index is 13.6. The fourth-order valence-electron chi connectivity index (χ4n) is 4.11. The molecule has 0 saturated heterocycles. The Morgan fingerprint density at radius 1 is 1.10 bits per heavy atom. The summed E-state index contributed by atoms with van der Waals surface area (Å²) in [6.07, 6.45) is 7.14. The van der Waals surface area contributed by atoms with Gasteiger partial charge in [-0.25, -0.2) is 9.37 Å². The van der Waals surface area contributed by atoms with Gasteiger partial charge in [0.15, 0.2) is 11.5 Å². The summed E-state index contributed by atoms with van der Waals surface area (Å²) in [5, 5.41) is 0.751. The second-order valence-electron chi connectivity index (χ2n) is 7.74. The van der Waals surface area contributed by atoms with Crippen molar-refractivity contribution in [1.82, 2.24) is 9.55 Å². The van der Waals surface area contributed by atoms with E-state index in [4.69, 9.17) is 4.74 Å². The van der Waals surface area contributed by atoms with E-state index in [0.29, 0.717) is 28.5 Å². The molecule has 0 N–H and O–H groups in total. The smallest absolute Gasteiger partial charge is 0.228 e. The SMILES string of the molecule is Cc1ccc2c(c1)N=Cc1cc3c(nc1O2)C=CC(n1ccc2cc(F)ccc21)C3=O. The van der Waals surface area contributed by atoms with Crippen LogP contribution >= 0.6 is 0 Å². The summed E-state index contributed by atoms with van der Waals surface area (Å²) in [7, 11) is 0. The Morgan fingerprint density at radius 3 is 2.90 bits per heavy atom. The van der Waals surface area contributed by atoms with Gasteiger partial charge in [0.05, 0.1) is 11.3 Å². The Hall–Kier alpha value is -4.06. The number of allylic oxidation sites excluding steroid dienone is 1. The molecule has 4 aromatic rings. The molecule has 150 valence electrons. The molecule has 0 saturated carbocycles. The van der Waals surface area contributed by atoms with E-state index in [9.17, 15) is 9.18 Å². The summed E-state index contributed by atoms with van der Waals surface area (Å²) in [4.78, 5) is 22.5. The molecule has 5 nitrogen and oxygen atoms in total. The number of nitrogens with zero attached hydrogens (tertiary/aromatic N) is 3. The highest BCUT2D eigenvalue weighted by Gasteiger charge is 2.28. The first-order chi connectivity index (χ1) is 15.1. The van der Waals surface area contributed by atoms with E-state index in [-0.39, 0.29) is 11.6 Å². The minimum atomic E-state index is -0.529. The highest BCUT2D eigenvalue weighted by molar-refractivity contribution is 6.07. The van der Waals surface area contributed by atoms with Gasteiger partial charge in [0.25, 0.3) is 0 Å². The van der Waals surface area contributed by atoms with Crippen molar-refractivity contribution < 1.29 is 13.9 Å². The minimum absolute atomic E-state index is 0.0827. The molecule has 0 fully saturated rings. The lowest BCUT2D eigenvalue weighted by molar-refractivity contribution is 0.0949. The predicted octanol–water partition coefficient (Wildman–Crippen LogP) is 5.79. The number of Topliss-reactive ketones (excluding diaryl/α,β-unsaturated/α-hetero) is 1. The average Bonchev–Trinajstić information content (AvgIpc) is 3.08. The molecule has 0 radical (unpaired) electrons. The van der Waals surface area contributed by atoms with E-state index in [1.807, 2.05) is 54.1 Å². The fraction of sp³-hybridized carbons (Fsp3) is 0.0800. The lowest BCUT2D eigenvalue weighted by atomic mass is 9.95. The number of hydrogen-bond acceptors (Lipinski definition) is 4. The monoisotopic (exact) mass is 409 g/mol. The molecule has 2 aromatic carbocycles. The standard InChI is InChI=1S/C25H16FN3O2/c1-14-2-7-23-20(10-14)27-13-16-12-18-19(28-25(16)31-23)4-6-22(24(18)30)29-9-8-15-11-17(26)3-5-21(15)29/h2-13,22H,1H3. The summed E-state index contributed by atoms with van der Waals surface area (Å²) in [6, 6.07) is 13.4. The molecule has 1 atom stereocenters. The van der Waals surface area contributed by atoms with Crippen LogP contribution in [0.3, 0.4) is 0 Å². The van der Waals surface area contributed by atoms with Crippen LogP contribution in [0, 0.1) is 12.7 Å². The molecule has 31 heavy (non-hydrogen) atoms. The van der Waals surface area contributed by atoms with Crippen molar-refractivity contribution in [1.29, 1.82) is 0 Å². The van der Waals surface area contributed by atoms with Crippen molar-refractivity contribution >= 4 is 34.7 Å². The van der Waals surface area contributed by atoms with Gasteiger partial charge in [-0.15, -0.1) is 0 Å². The zero-order chi connectivity index (χ0) is 21.1. The summed E-state index contributed by atoms with van der Waals surface area (Å²) >= 11 is 0. The second-order valence-corrected chi connectivity index (χ2v) is 7.74. The number of carbonyl (C=O) groups excluding carboxylic acids is 1. The Balaban J connectivity index is 1.43. The number of pyridine rings is 1. The first-order valence-electron chi connectivity index (χ1n) is 9.93. The summed E-state index contributed by atoms with van der Waals surface area (Å²) in [5.41, 5.74) is 4.32. The zero-order valence-electron chi connectivity index (χ0n) is 16.5. The van der Waals surface area contributed by atoms with Gasteiger partial charge in [0.2, 0.25) is 5.88 Å². The number of hydrogen-bond donors (Lipinski definition) is 0. The number of aryl methyl sites for hydroxylation is 1. The largest absolute Gasteiger partial charge is 0.436 e. The molecule has 0 spiro atoms. The van der Waals surface area contributed by atoms with E-state index < -0.39 is 6.04 Å². The number of halogens is 1. The Bertz CT molecular complexity index is 1470. The molecule has 2 aliphatic rings. The van der Waals surface area contributed by atoms with E-state index >= 15 is 0 Å². The number of ether oxygens (including phenoxy) is 1. The van der Waals surface area contributed by atoms with E-state index in [0.717, 1.165) is 22.2 Å². The number of aliphatic imine (C=N–C) groups is 1. The third-order valence-electron chi connectivity index (χ3n) is 5.66. The average molecular weight is 409 g/mol. The third-order valence-corrected chi connectivity index (χ3v) is 5.66. The van der Waals surface area contributed by atoms with E-state index in [2.05, 4.69) is 9.98 Å². The molecule has 6 rings (SSSR count). The van der Waals surface area contributed by atoms with Crippen LogP contribution in [0.15, 0.2) is 65.8 Å². The van der Waals surface area contributed by atoms with Crippen LogP contribution in [-0.4, -0.2) is 21.5 Å². The van der Waals surface area contributed by atoms with Gasteiger partial charge in [-0.2, -0.15) is 0 Å². The maximum Gasteiger partial charge on any atom is 0.228 e. The maximum atomic E-state index is 13.6. The molecule has 2 aromatic heterocycles. The number of carbonyl (C=O) groups is 1. The molecule has 0 amide bonds. The Kier molecular flexibility index (Phi) is 3.71. The zero-order valence-corrected chi connectivity index (χ0v) is 16.5. The van der Waals surface area contributed by atoms with Gasteiger partial charge < -0.3 is 9.30 Å². The molecule has 1 unspecified atom stereocenters. The summed E-state index contributed by atoms with van der Waals surface area (Å²) < 4.78 is 21.4. The summed E-state index contributed by atoms with van der Waals surface area (Å²) in [6.45, 7) is 1.99. The Morgan fingerprint density at radius 2 is 2.00 bits per heavy atom. The number of ketones is 1. The third kappa shape index (κ3) is 2.79. The molecule has 0 bridgehead atoms. The highest BCUT2D eigenvalue weighted by Crippen LogP contribution is 2.38. The van der Waals surface area contributed by atoms with Crippen LogP contribution in [-0.2, 0) is 0 Å². The molecule has 6 heteroatoms. The van der Waals surface area contributed by atoms with Gasteiger partial charge in [-0.1, -0.05) is 12.1 Å². The van der Waals surface area contributed by atoms with Crippen LogP contribution in [0.25, 0.3) is 17.0 Å². The van der Waals surface area contributed by atoms with Gasteiger partial charge in [0, 0.05) is 28.9 Å². The number of fused-ring (bicyclic) bond motifs is 4. The van der Waals surface area contributed by atoms with Crippen LogP contribution in [0.5, 0.6) is 11.6 Å². The van der Waals surface area contributed by atoms with Crippen molar-refractivity contribution in [2.24, 2.45) is 4.99 Å². The number of rotatable bonds is 1. The van der Waals surface area contributed by atoms with Gasteiger partial charge in [-0.05, 0) is 61.0 Å². The second kappa shape index (κ2) is 6.47. The lowest BCUT2D eigenvalue weighted by Gasteiger charge is -2.21. The molecular formula is C25H16FN3O2. The minimum Gasteiger partial charge on any atom is -0.436 e. The predicted molar refractivity (Wildman–Crippen MR) is 117 cm³/mol. The van der Waals surface area contributed by atoms with Crippen LogP contribution in [0.2, 0.25) is 0 Å². The molecular weight excluding hydrogens is 393 g/mol. The lowest BCUT2D eigenvalue weighted by Crippen LogP contribution is -2.21. The van der Waals surface area contributed by atoms with Gasteiger partial charge in [0.1, 0.15) is 17.5 Å². The normalized spacial score (nSPS) is 16.5. The van der Waals surface area contributed by atoms with Crippen molar-refractivity contribution in [3.05, 3.63) is 89.0 Å². The van der Waals surface area contributed by atoms with Crippen molar-refractivity contribution in [2.75, 3.05) is 0 Å². The molecule has 3 heterocycles. The topological polar surface area (TPSA) is 56.5 Å². The Labute approximate surface area is 177 Å². The number of benzene rings is 2. The fourth-order valence-corrected chi connectivity index (χ4v) is 4.11. The summed E-state index contributed by atoms with van der Waals surface area (Å²) in [5.74, 6) is 0.662. The molecule has 1 aliphatic heterocycles. The quantitative estimate of drug-likeness (QED) is 0.352. The van der Waals surface area contributed by atoms with Gasteiger partial charge in [-0.3, -0.25) is 9.79 Å². The number of aromatic nitrogens is 2. The molecule has 1 aliphatic carbocycles. The highest BCUT2D eigenvalue weighted by atomic mass is 19.1. The van der Waals surface area contributed by atoms with E-state index in [1.54, 1.807) is 18.3 Å². The van der Waals surface area contributed by atoms with Crippen LogP contribution in [0.4, 0.5) is 10.1 Å². The van der Waals surface area contributed by atoms with E-state index in [1.165, 1.54) is 12.1 Å². The van der Waals surface area contributed by atoms with Crippen molar-refractivity contribution in [3.8, 4) is 11.6 Å².